The minimum Gasteiger partial charge on any atom is -0.508 e. The summed E-state index contributed by atoms with van der Waals surface area (Å²) in [6.45, 7) is 0. The molecule has 3 N–H and O–H groups in total. The number of aromatic hydroxyl groups is 2. The summed E-state index contributed by atoms with van der Waals surface area (Å²) in [6.07, 6.45) is 0. The number of phenolic OH excluding ortho intramolecular Hbond substituents is 2. The number of hydrogen-bond donors (Lipinski definition) is 3. The van der Waals surface area contributed by atoms with Crippen LogP contribution in [0, 0.1) is 0 Å². The van der Waals surface area contributed by atoms with E-state index in [9.17, 15) is 19.8 Å². The van der Waals surface area contributed by atoms with Crippen LogP contribution < -0.4 is 10.1 Å². The molecule has 3 aromatic carbocycles. The van der Waals surface area contributed by atoms with Crippen molar-refractivity contribution in [3.8, 4) is 23.0 Å². The van der Waals surface area contributed by atoms with E-state index in [1.165, 1.54) is 37.4 Å². The molecule has 0 unspecified atom stereocenters. The second-order valence-electron chi connectivity index (χ2n) is 6.87. The number of esters is 1. The fraction of sp³-hybridized carbons (Fsp3) is 0.0909. The van der Waals surface area contributed by atoms with E-state index in [2.05, 4.69) is 5.32 Å². The second kappa shape index (κ2) is 5.75. The van der Waals surface area contributed by atoms with Crippen LogP contribution in [-0.4, -0.2) is 29.1 Å². The third-order valence-corrected chi connectivity index (χ3v) is 5.26. The van der Waals surface area contributed by atoms with Gasteiger partial charge in [-0.3, -0.25) is 4.79 Å². The van der Waals surface area contributed by atoms with E-state index < -0.39 is 11.6 Å². The lowest BCUT2D eigenvalue weighted by molar-refractivity contribution is 0.0224. The van der Waals surface area contributed by atoms with Gasteiger partial charge in [0.25, 0.3) is 5.91 Å². The minimum absolute atomic E-state index is 0.0120. The number of hydrogen-bond acceptors (Lipinski definition) is 6. The first-order valence-corrected chi connectivity index (χ1v) is 8.89. The Hall–Kier alpha value is -4.00. The van der Waals surface area contributed by atoms with Crippen LogP contribution in [0.3, 0.4) is 0 Å². The Bertz CT molecular complexity index is 1160. The van der Waals surface area contributed by atoms with E-state index in [1.807, 2.05) is 0 Å². The van der Waals surface area contributed by atoms with Gasteiger partial charge in [0, 0.05) is 41.4 Å². The van der Waals surface area contributed by atoms with Crippen LogP contribution in [0.25, 0.3) is 0 Å². The van der Waals surface area contributed by atoms with Crippen molar-refractivity contribution in [2.24, 2.45) is 0 Å². The molecule has 0 fully saturated rings. The van der Waals surface area contributed by atoms with E-state index in [-0.39, 0.29) is 23.0 Å². The molecule has 0 bridgehead atoms. The van der Waals surface area contributed by atoms with Gasteiger partial charge in [0.2, 0.25) is 0 Å². The highest BCUT2D eigenvalue weighted by molar-refractivity contribution is 6.01. The van der Waals surface area contributed by atoms with Gasteiger partial charge in [-0.15, -0.1) is 0 Å². The Morgan fingerprint density at radius 1 is 0.897 bits per heavy atom. The zero-order valence-corrected chi connectivity index (χ0v) is 15.2. The van der Waals surface area contributed by atoms with Crippen molar-refractivity contribution < 1.29 is 29.3 Å². The molecule has 144 valence electrons. The summed E-state index contributed by atoms with van der Waals surface area (Å²) >= 11 is 0. The quantitative estimate of drug-likeness (QED) is 0.553. The molecule has 7 nitrogen and oxygen atoms in total. The molecule has 0 aliphatic carbocycles. The van der Waals surface area contributed by atoms with Crippen LogP contribution in [0.15, 0.2) is 54.6 Å². The summed E-state index contributed by atoms with van der Waals surface area (Å²) in [7, 11) is 1.51. The van der Waals surface area contributed by atoms with Gasteiger partial charge in [0.05, 0.1) is 5.56 Å². The summed E-state index contributed by atoms with van der Waals surface area (Å²) in [5.74, 6) is -0.308. The van der Waals surface area contributed by atoms with Crippen molar-refractivity contribution in [2.45, 2.75) is 5.60 Å². The third kappa shape index (κ3) is 2.24. The highest BCUT2D eigenvalue weighted by atomic mass is 16.6. The number of amides is 1. The lowest BCUT2D eigenvalue weighted by Gasteiger charge is -2.36. The van der Waals surface area contributed by atoms with Crippen LogP contribution in [0.5, 0.6) is 23.0 Å². The number of nitrogens with one attached hydrogen (secondary N) is 1. The van der Waals surface area contributed by atoms with Gasteiger partial charge in [-0.25, -0.2) is 4.79 Å². The maximum absolute atomic E-state index is 12.9. The number of fused-ring (bicyclic) bond motifs is 6. The first-order valence-electron chi connectivity index (χ1n) is 8.89. The summed E-state index contributed by atoms with van der Waals surface area (Å²) in [4.78, 5) is 24.9. The molecule has 1 spiro atoms. The second-order valence-corrected chi connectivity index (χ2v) is 6.87. The highest BCUT2D eigenvalue weighted by Crippen LogP contribution is 2.56. The van der Waals surface area contributed by atoms with Crippen LogP contribution >= 0.6 is 0 Å². The standard InChI is InChI=1S/C22H15NO6/c1-23-20(26)11-2-5-15-14(8-11)21(27)29-22(15)16-6-3-12(24)9-18(16)28-19-10-13(25)4-7-17(19)22/h2-10,24-25H,1H3,(H,23,26). The van der Waals surface area contributed by atoms with E-state index in [0.29, 0.717) is 33.8 Å². The van der Waals surface area contributed by atoms with Gasteiger partial charge >= 0.3 is 5.97 Å². The largest absolute Gasteiger partial charge is 0.508 e. The third-order valence-electron chi connectivity index (χ3n) is 5.26. The molecule has 5 rings (SSSR count). The topological polar surface area (TPSA) is 105 Å². The Morgan fingerprint density at radius 2 is 1.48 bits per heavy atom. The molecule has 0 radical (unpaired) electrons. The number of carbonyl (C=O) groups excluding carboxylic acids is 2. The molecule has 0 atom stereocenters. The van der Waals surface area contributed by atoms with Gasteiger partial charge in [0.15, 0.2) is 5.60 Å². The highest BCUT2D eigenvalue weighted by Gasteiger charge is 2.53. The first-order chi connectivity index (χ1) is 13.9. The fourth-order valence-corrected chi connectivity index (χ4v) is 3.99. The average molecular weight is 389 g/mol. The summed E-state index contributed by atoms with van der Waals surface area (Å²) in [6, 6.07) is 13.9. The Balaban J connectivity index is 1.83. The van der Waals surface area contributed by atoms with Gasteiger partial charge in [0.1, 0.15) is 23.0 Å². The summed E-state index contributed by atoms with van der Waals surface area (Å²) < 4.78 is 11.8. The van der Waals surface area contributed by atoms with Crippen molar-refractivity contribution in [2.75, 3.05) is 7.05 Å². The minimum atomic E-state index is -1.32. The Kier molecular flexibility index (Phi) is 3.39. The van der Waals surface area contributed by atoms with Crippen molar-refractivity contribution in [1.82, 2.24) is 5.32 Å². The monoisotopic (exact) mass is 389 g/mol. The number of carbonyl (C=O) groups is 2. The molecule has 2 heterocycles. The lowest BCUT2D eigenvalue weighted by Crippen LogP contribution is -2.33. The van der Waals surface area contributed by atoms with Crippen LogP contribution in [0.1, 0.15) is 37.4 Å². The molecular weight excluding hydrogens is 374 g/mol. The maximum atomic E-state index is 12.9. The summed E-state index contributed by atoms with van der Waals surface area (Å²) in [5.41, 5.74) is 0.909. The predicted octanol–water partition coefficient (Wildman–Crippen LogP) is 3.03. The molecule has 0 saturated carbocycles. The van der Waals surface area contributed by atoms with Crippen LogP contribution in [-0.2, 0) is 10.3 Å². The fourth-order valence-electron chi connectivity index (χ4n) is 3.99. The molecule has 0 saturated heterocycles. The van der Waals surface area contributed by atoms with E-state index in [4.69, 9.17) is 9.47 Å². The van der Waals surface area contributed by atoms with Crippen molar-refractivity contribution in [1.29, 1.82) is 0 Å². The van der Waals surface area contributed by atoms with Crippen LogP contribution in [0.4, 0.5) is 0 Å². The number of rotatable bonds is 1. The smallest absolute Gasteiger partial charge is 0.340 e. The molecule has 1 amide bonds. The molecule has 3 aromatic rings. The zero-order valence-electron chi connectivity index (χ0n) is 15.2. The van der Waals surface area contributed by atoms with Crippen molar-refractivity contribution in [3.63, 3.8) is 0 Å². The van der Waals surface area contributed by atoms with Crippen molar-refractivity contribution in [3.05, 3.63) is 82.4 Å². The first kappa shape index (κ1) is 17.1. The van der Waals surface area contributed by atoms with E-state index >= 15 is 0 Å². The Morgan fingerprint density at radius 3 is 2.07 bits per heavy atom. The van der Waals surface area contributed by atoms with Crippen molar-refractivity contribution >= 4 is 11.9 Å². The SMILES string of the molecule is CNC(=O)c1ccc2c(c1)C(=O)OC21c2ccc(O)cc2Oc2cc(O)ccc21. The number of benzene rings is 3. The molecular formula is C22H15NO6. The normalized spacial score (nSPS) is 15.0. The summed E-state index contributed by atoms with van der Waals surface area (Å²) in [5, 5.41) is 22.4. The van der Waals surface area contributed by atoms with E-state index in [0.717, 1.165) is 0 Å². The maximum Gasteiger partial charge on any atom is 0.340 e. The Labute approximate surface area is 165 Å². The predicted molar refractivity (Wildman–Crippen MR) is 101 cm³/mol. The number of phenols is 2. The van der Waals surface area contributed by atoms with Gasteiger partial charge in [-0.05, 0) is 36.4 Å². The van der Waals surface area contributed by atoms with Crippen LogP contribution in [0.2, 0.25) is 0 Å². The average Bonchev–Trinajstić information content (AvgIpc) is 2.99. The lowest BCUT2D eigenvalue weighted by atomic mass is 9.77. The van der Waals surface area contributed by atoms with Gasteiger partial charge in [-0.1, -0.05) is 6.07 Å². The molecule has 29 heavy (non-hydrogen) atoms. The number of ether oxygens (including phenoxy) is 2. The molecule has 2 aliphatic rings. The molecule has 0 aromatic heterocycles. The zero-order chi connectivity index (χ0) is 20.3. The van der Waals surface area contributed by atoms with Gasteiger partial charge < -0.3 is 25.0 Å². The van der Waals surface area contributed by atoms with Gasteiger partial charge in [-0.2, -0.15) is 0 Å². The van der Waals surface area contributed by atoms with E-state index in [1.54, 1.807) is 24.3 Å². The molecule has 2 aliphatic heterocycles. The molecule has 7 heteroatoms.